The molecule has 0 aliphatic heterocycles. The molecule has 0 radical (unpaired) electrons. The zero-order valence-electron chi connectivity index (χ0n) is 11.4. The van der Waals surface area contributed by atoms with Crippen LogP contribution in [0.15, 0.2) is 36.4 Å². The van der Waals surface area contributed by atoms with Gasteiger partial charge in [0.05, 0.1) is 6.04 Å². The molecule has 0 aliphatic rings. The summed E-state index contributed by atoms with van der Waals surface area (Å²) in [6.07, 6.45) is 0. The summed E-state index contributed by atoms with van der Waals surface area (Å²) in [5, 5.41) is 4.42. The van der Waals surface area contributed by atoms with E-state index in [0.717, 1.165) is 5.56 Å². The molecule has 0 heterocycles. The fraction of sp³-hybridized carbons (Fsp3) is 0.250. The van der Waals surface area contributed by atoms with Gasteiger partial charge in [0.25, 0.3) is 0 Å². The summed E-state index contributed by atoms with van der Waals surface area (Å²) >= 11 is 12.3. The highest BCUT2D eigenvalue weighted by Gasteiger charge is 2.20. The Morgan fingerprint density at radius 2 is 1.90 bits per heavy atom. The van der Waals surface area contributed by atoms with Crippen LogP contribution in [0, 0.1) is 12.7 Å². The molecule has 0 aromatic heterocycles. The summed E-state index contributed by atoms with van der Waals surface area (Å²) in [7, 11) is 0. The molecule has 0 aliphatic carbocycles. The number of nitrogens with one attached hydrogen (secondary N) is 1. The van der Waals surface area contributed by atoms with Gasteiger partial charge in [-0.2, -0.15) is 0 Å². The van der Waals surface area contributed by atoms with Gasteiger partial charge in [0.1, 0.15) is 5.82 Å². The molecule has 2 aromatic rings. The van der Waals surface area contributed by atoms with Crippen molar-refractivity contribution < 1.29 is 4.39 Å². The molecule has 0 saturated carbocycles. The molecule has 1 unspecified atom stereocenters. The van der Waals surface area contributed by atoms with Crippen LogP contribution in [-0.2, 0) is 0 Å². The predicted molar refractivity (Wildman–Crippen MR) is 83.1 cm³/mol. The van der Waals surface area contributed by atoms with Crippen LogP contribution < -0.4 is 5.32 Å². The van der Waals surface area contributed by atoms with Gasteiger partial charge in [-0.05, 0) is 42.8 Å². The van der Waals surface area contributed by atoms with Crippen LogP contribution in [0.1, 0.15) is 29.7 Å². The van der Waals surface area contributed by atoms with Gasteiger partial charge in [-0.25, -0.2) is 4.39 Å². The minimum absolute atomic E-state index is 0.213. The third-order valence-corrected chi connectivity index (χ3v) is 3.79. The lowest BCUT2D eigenvalue weighted by atomic mass is 9.96. The molecule has 0 amide bonds. The van der Waals surface area contributed by atoms with Gasteiger partial charge >= 0.3 is 0 Å². The predicted octanol–water partition coefficient (Wildman–Crippen LogP) is 5.14. The van der Waals surface area contributed by atoms with E-state index >= 15 is 0 Å². The molecule has 0 spiro atoms. The van der Waals surface area contributed by atoms with Crippen LogP contribution in [0.5, 0.6) is 0 Å². The first-order valence-corrected chi connectivity index (χ1v) is 7.23. The monoisotopic (exact) mass is 311 g/mol. The van der Waals surface area contributed by atoms with E-state index in [-0.39, 0.29) is 11.9 Å². The third kappa shape index (κ3) is 3.14. The average molecular weight is 312 g/mol. The maximum Gasteiger partial charge on any atom is 0.131 e. The van der Waals surface area contributed by atoms with Crippen LogP contribution in [0.2, 0.25) is 10.0 Å². The van der Waals surface area contributed by atoms with Crippen LogP contribution >= 0.6 is 23.2 Å². The van der Waals surface area contributed by atoms with Crippen LogP contribution in [-0.4, -0.2) is 6.54 Å². The molecule has 0 fully saturated rings. The minimum Gasteiger partial charge on any atom is -0.306 e. The van der Waals surface area contributed by atoms with E-state index in [1.165, 1.54) is 0 Å². The number of rotatable bonds is 4. The van der Waals surface area contributed by atoms with Crippen molar-refractivity contribution in [3.63, 3.8) is 0 Å². The molecule has 1 N–H and O–H groups in total. The van der Waals surface area contributed by atoms with Gasteiger partial charge in [-0.15, -0.1) is 0 Å². The lowest BCUT2D eigenvalue weighted by Gasteiger charge is -2.21. The molecule has 0 bridgehead atoms. The number of halogens is 3. The molecule has 1 nitrogen and oxygen atoms in total. The van der Waals surface area contributed by atoms with Gasteiger partial charge in [-0.3, -0.25) is 0 Å². The van der Waals surface area contributed by atoms with Gasteiger partial charge in [-0.1, -0.05) is 48.3 Å². The number of hydrogen-bond donors (Lipinski definition) is 1. The van der Waals surface area contributed by atoms with Crippen molar-refractivity contribution in [3.05, 3.63) is 69.0 Å². The van der Waals surface area contributed by atoms with E-state index in [2.05, 4.69) is 5.32 Å². The first-order valence-electron chi connectivity index (χ1n) is 6.48. The Hall–Kier alpha value is -1.09. The van der Waals surface area contributed by atoms with Gasteiger partial charge in [0.2, 0.25) is 0 Å². The second kappa shape index (κ2) is 6.57. The lowest BCUT2D eigenvalue weighted by molar-refractivity contribution is 0.553. The number of benzene rings is 2. The molecule has 1 atom stereocenters. The van der Waals surface area contributed by atoms with Crippen molar-refractivity contribution in [1.82, 2.24) is 5.32 Å². The van der Waals surface area contributed by atoms with Gasteiger partial charge in [0.15, 0.2) is 0 Å². The molecule has 20 heavy (non-hydrogen) atoms. The fourth-order valence-corrected chi connectivity index (χ4v) is 2.63. The molecular weight excluding hydrogens is 296 g/mol. The molecule has 0 saturated heterocycles. The Morgan fingerprint density at radius 3 is 2.60 bits per heavy atom. The van der Waals surface area contributed by atoms with E-state index in [4.69, 9.17) is 23.2 Å². The Balaban J connectivity index is 2.56. The zero-order valence-corrected chi connectivity index (χ0v) is 12.9. The Bertz CT molecular complexity index is 611. The summed E-state index contributed by atoms with van der Waals surface area (Å²) in [4.78, 5) is 0. The highest BCUT2D eigenvalue weighted by Crippen LogP contribution is 2.32. The Labute approximate surface area is 128 Å². The van der Waals surface area contributed by atoms with E-state index < -0.39 is 0 Å². The molecule has 106 valence electrons. The highest BCUT2D eigenvalue weighted by atomic mass is 35.5. The summed E-state index contributed by atoms with van der Waals surface area (Å²) in [5.74, 6) is -0.213. The molecule has 4 heteroatoms. The largest absolute Gasteiger partial charge is 0.306 e. The van der Waals surface area contributed by atoms with E-state index in [9.17, 15) is 4.39 Å². The van der Waals surface area contributed by atoms with Crippen molar-refractivity contribution in [2.75, 3.05) is 6.54 Å². The van der Waals surface area contributed by atoms with Crippen LogP contribution in [0.25, 0.3) is 0 Å². The van der Waals surface area contributed by atoms with E-state index in [1.807, 2.05) is 13.0 Å². The Kier molecular flexibility index (Phi) is 5.03. The van der Waals surface area contributed by atoms with E-state index in [1.54, 1.807) is 37.3 Å². The van der Waals surface area contributed by atoms with Crippen molar-refractivity contribution >= 4 is 23.2 Å². The highest BCUT2D eigenvalue weighted by molar-refractivity contribution is 6.33. The Morgan fingerprint density at radius 1 is 1.15 bits per heavy atom. The first kappa shape index (κ1) is 15.3. The summed E-state index contributed by atoms with van der Waals surface area (Å²) < 4.78 is 14.4. The number of aryl methyl sites for hydroxylation is 1. The summed E-state index contributed by atoms with van der Waals surface area (Å²) in [6, 6.07) is 10.3. The van der Waals surface area contributed by atoms with Crippen molar-refractivity contribution in [2.24, 2.45) is 0 Å². The zero-order chi connectivity index (χ0) is 14.7. The molecule has 2 aromatic carbocycles. The maximum atomic E-state index is 14.4. The normalized spacial score (nSPS) is 12.4. The summed E-state index contributed by atoms with van der Waals surface area (Å²) in [5.41, 5.74) is 1.98. The SMILES string of the molecule is CCNC(c1cc(Cl)ccc1Cl)c1cccc(C)c1F. The second-order valence-electron chi connectivity index (χ2n) is 4.63. The fourth-order valence-electron chi connectivity index (χ4n) is 2.22. The maximum absolute atomic E-state index is 14.4. The second-order valence-corrected chi connectivity index (χ2v) is 5.48. The van der Waals surface area contributed by atoms with Gasteiger partial charge < -0.3 is 5.32 Å². The van der Waals surface area contributed by atoms with Crippen LogP contribution in [0.3, 0.4) is 0 Å². The minimum atomic E-state index is -0.314. The van der Waals surface area contributed by atoms with Gasteiger partial charge in [0, 0.05) is 15.6 Å². The topological polar surface area (TPSA) is 12.0 Å². The quantitative estimate of drug-likeness (QED) is 0.824. The average Bonchev–Trinajstić information content (AvgIpc) is 2.43. The molecular formula is C16H16Cl2FN. The van der Waals surface area contributed by atoms with Crippen molar-refractivity contribution in [3.8, 4) is 0 Å². The standard InChI is InChI=1S/C16H16Cl2FN/c1-3-20-16(12-6-4-5-10(2)15(12)19)13-9-11(17)7-8-14(13)18/h4-9,16,20H,3H2,1-2H3. The number of hydrogen-bond acceptors (Lipinski definition) is 1. The smallest absolute Gasteiger partial charge is 0.131 e. The van der Waals surface area contributed by atoms with Crippen molar-refractivity contribution in [2.45, 2.75) is 19.9 Å². The van der Waals surface area contributed by atoms with Crippen LogP contribution in [0.4, 0.5) is 4.39 Å². The first-order chi connectivity index (χ1) is 9.54. The van der Waals surface area contributed by atoms with E-state index in [0.29, 0.717) is 27.7 Å². The summed E-state index contributed by atoms with van der Waals surface area (Å²) in [6.45, 7) is 4.42. The third-order valence-electron chi connectivity index (χ3n) is 3.21. The molecule has 2 rings (SSSR count). The van der Waals surface area contributed by atoms with Crippen molar-refractivity contribution in [1.29, 1.82) is 0 Å². The lowest BCUT2D eigenvalue weighted by Crippen LogP contribution is -2.23.